The Hall–Kier alpha value is -1.06. The lowest BCUT2D eigenvalue weighted by atomic mass is 9.95. The van der Waals surface area contributed by atoms with E-state index in [4.69, 9.17) is 0 Å². The van der Waals surface area contributed by atoms with Crippen LogP contribution in [-0.2, 0) is 9.59 Å². The van der Waals surface area contributed by atoms with Crippen LogP contribution in [0, 0.1) is 0 Å². The maximum absolute atomic E-state index is 11.8. The van der Waals surface area contributed by atoms with E-state index in [1.54, 1.807) is 4.90 Å². The molecule has 2 fully saturated rings. The predicted molar refractivity (Wildman–Crippen MR) is 65.4 cm³/mol. The van der Waals surface area contributed by atoms with Crippen LogP contribution in [0.25, 0.3) is 0 Å². The topological polar surface area (TPSA) is 49.4 Å². The first-order valence-electron chi connectivity index (χ1n) is 6.83. The van der Waals surface area contributed by atoms with Crippen LogP contribution < -0.4 is 5.32 Å². The molecule has 1 heterocycles. The van der Waals surface area contributed by atoms with Crippen molar-refractivity contribution in [3.05, 3.63) is 0 Å². The molecule has 0 atom stereocenters. The van der Waals surface area contributed by atoms with Gasteiger partial charge in [-0.3, -0.25) is 9.59 Å². The van der Waals surface area contributed by atoms with Gasteiger partial charge >= 0.3 is 0 Å². The second kappa shape index (κ2) is 6.03. The van der Waals surface area contributed by atoms with Crippen molar-refractivity contribution < 1.29 is 9.59 Å². The van der Waals surface area contributed by atoms with Crippen LogP contribution in [0.2, 0.25) is 0 Å². The van der Waals surface area contributed by atoms with Gasteiger partial charge in [0, 0.05) is 19.1 Å². The van der Waals surface area contributed by atoms with Crippen molar-refractivity contribution >= 4 is 11.8 Å². The highest BCUT2D eigenvalue weighted by molar-refractivity contribution is 5.97. The number of nitrogens with zero attached hydrogens (tertiary/aromatic N) is 1. The van der Waals surface area contributed by atoms with Gasteiger partial charge in [0.15, 0.2) is 0 Å². The molecular weight excluding hydrogens is 216 g/mol. The van der Waals surface area contributed by atoms with Gasteiger partial charge in [0.25, 0.3) is 0 Å². The van der Waals surface area contributed by atoms with E-state index in [1.165, 1.54) is 19.3 Å². The van der Waals surface area contributed by atoms with Crippen molar-refractivity contribution in [1.82, 2.24) is 10.2 Å². The highest BCUT2D eigenvalue weighted by Crippen LogP contribution is 2.17. The molecule has 0 aromatic heterocycles. The van der Waals surface area contributed by atoms with Gasteiger partial charge in [-0.25, -0.2) is 0 Å². The number of rotatable bonds is 3. The van der Waals surface area contributed by atoms with Crippen LogP contribution in [0.3, 0.4) is 0 Å². The summed E-state index contributed by atoms with van der Waals surface area (Å²) in [6, 6.07) is 0.308. The molecule has 2 amide bonds. The van der Waals surface area contributed by atoms with Crippen LogP contribution in [0.4, 0.5) is 0 Å². The summed E-state index contributed by atoms with van der Waals surface area (Å²) < 4.78 is 0. The molecule has 1 saturated carbocycles. The van der Waals surface area contributed by atoms with E-state index in [-0.39, 0.29) is 18.2 Å². The third kappa shape index (κ3) is 3.72. The zero-order valence-corrected chi connectivity index (χ0v) is 10.4. The van der Waals surface area contributed by atoms with E-state index >= 15 is 0 Å². The Labute approximate surface area is 103 Å². The van der Waals surface area contributed by atoms with Crippen molar-refractivity contribution in [1.29, 1.82) is 0 Å². The van der Waals surface area contributed by atoms with Crippen molar-refractivity contribution in [2.45, 2.75) is 57.4 Å². The van der Waals surface area contributed by atoms with Gasteiger partial charge in [-0.05, 0) is 25.7 Å². The minimum atomic E-state index is -0.0891. The van der Waals surface area contributed by atoms with Gasteiger partial charge in [0.2, 0.25) is 11.8 Å². The van der Waals surface area contributed by atoms with Crippen molar-refractivity contribution in [2.24, 2.45) is 0 Å². The molecule has 0 radical (unpaired) electrons. The molecule has 1 aliphatic heterocycles. The van der Waals surface area contributed by atoms with E-state index in [9.17, 15) is 9.59 Å². The second-order valence-electron chi connectivity index (χ2n) is 5.17. The first kappa shape index (κ1) is 12.4. The quantitative estimate of drug-likeness (QED) is 0.756. The Balaban J connectivity index is 1.70. The number of hydrogen-bond acceptors (Lipinski definition) is 2. The average Bonchev–Trinajstić information content (AvgIpc) is 2.83. The second-order valence-corrected chi connectivity index (χ2v) is 5.17. The van der Waals surface area contributed by atoms with Gasteiger partial charge in [-0.15, -0.1) is 0 Å². The van der Waals surface area contributed by atoms with Crippen molar-refractivity contribution in [3.63, 3.8) is 0 Å². The molecule has 0 aromatic rings. The largest absolute Gasteiger partial charge is 0.353 e. The summed E-state index contributed by atoms with van der Waals surface area (Å²) in [5.41, 5.74) is 0. The number of carbonyl (C=O) groups excluding carboxylic acids is 2. The van der Waals surface area contributed by atoms with Gasteiger partial charge in [0.1, 0.15) is 6.42 Å². The monoisotopic (exact) mass is 238 g/mol. The lowest BCUT2D eigenvalue weighted by Crippen LogP contribution is -2.39. The summed E-state index contributed by atoms with van der Waals surface area (Å²) in [5.74, 6) is -0.0930. The molecule has 2 rings (SSSR count). The van der Waals surface area contributed by atoms with E-state index < -0.39 is 0 Å². The fourth-order valence-corrected chi connectivity index (χ4v) is 2.74. The third-order valence-electron chi connectivity index (χ3n) is 3.74. The van der Waals surface area contributed by atoms with Crippen molar-refractivity contribution in [2.75, 3.05) is 13.1 Å². The molecule has 0 spiro atoms. The average molecular weight is 238 g/mol. The van der Waals surface area contributed by atoms with E-state index in [1.807, 2.05) is 0 Å². The van der Waals surface area contributed by atoms with Gasteiger partial charge in [-0.1, -0.05) is 19.3 Å². The lowest BCUT2D eigenvalue weighted by Gasteiger charge is -2.23. The number of carbonyl (C=O) groups is 2. The standard InChI is InChI=1S/C13H22N2O2/c16-12(14-11-6-2-1-3-7-11)10-13(17)15-8-4-5-9-15/h11H,1-10H2,(H,14,16). The van der Waals surface area contributed by atoms with Gasteiger partial charge in [-0.2, -0.15) is 0 Å². The minimum absolute atomic E-state index is 0.00388. The SMILES string of the molecule is O=C(CC(=O)N1CCCC1)NC1CCCCC1. The Morgan fingerprint density at radius 2 is 1.65 bits per heavy atom. The van der Waals surface area contributed by atoms with Crippen LogP contribution >= 0.6 is 0 Å². The van der Waals surface area contributed by atoms with E-state index in [2.05, 4.69) is 5.32 Å². The van der Waals surface area contributed by atoms with Crippen LogP contribution in [0.15, 0.2) is 0 Å². The maximum Gasteiger partial charge on any atom is 0.232 e. The number of hydrogen-bond donors (Lipinski definition) is 1. The van der Waals surface area contributed by atoms with Crippen LogP contribution in [0.1, 0.15) is 51.4 Å². The number of amides is 2. The maximum atomic E-state index is 11.8. The van der Waals surface area contributed by atoms with Crippen molar-refractivity contribution in [3.8, 4) is 0 Å². The minimum Gasteiger partial charge on any atom is -0.353 e. The summed E-state index contributed by atoms with van der Waals surface area (Å²) in [6.07, 6.45) is 8.02. The first-order chi connectivity index (χ1) is 8.25. The highest BCUT2D eigenvalue weighted by Gasteiger charge is 2.22. The number of nitrogens with one attached hydrogen (secondary N) is 1. The van der Waals surface area contributed by atoms with E-state index in [0.29, 0.717) is 6.04 Å². The van der Waals surface area contributed by atoms with Gasteiger partial charge in [0.05, 0.1) is 0 Å². The molecule has 1 N–H and O–H groups in total. The van der Waals surface area contributed by atoms with Gasteiger partial charge < -0.3 is 10.2 Å². The Bertz CT molecular complexity index is 279. The molecule has 4 nitrogen and oxygen atoms in total. The molecule has 0 aromatic carbocycles. The van der Waals surface area contributed by atoms with E-state index in [0.717, 1.165) is 38.8 Å². The van der Waals surface area contributed by atoms with Crippen LogP contribution in [-0.4, -0.2) is 35.8 Å². The molecule has 1 aliphatic carbocycles. The zero-order valence-electron chi connectivity index (χ0n) is 10.4. The molecule has 0 bridgehead atoms. The third-order valence-corrected chi connectivity index (χ3v) is 3.74. The zero-order chi connectivity index (χ0) is 12.1. The predicted octanol–water partition coefficient (Wildman–Crippen LogP) is 1.45. The Kier molecular flexibility index (Phi) is 4.40. The molecule has 17 heavy (non-hydrogen) atoms. The molecule has 1 saturated heterocycles. The summed E-state index contributed by atoms with van der Waals surface area (Å²) in [6.45, 7) is 1.66. The molecule has 96 valence electrons. The molecular formula is C13H22N2O2. The number of likely N-dealkylation sites (tertiary alicyclic amines) is 1. The smallest absolute Gasteiger partial charge is 0.232 e. The lowest BCUT2D eigenvalue weighted by molar-refractivity contribution is -0.135. The molecule has 2 aliphatic rings. The van der Waals surface area contributed by atoms with Crippen LogP contribution in [0.5, 0.6) is 0 Å². The fraction of sp³-hybridized carbons (Fsp3) is 0.846. The Morgan fingerprint density at radius 1 is 1.00 bits per heavy atom. The summed E-state index contributed by atoms with van der Waals surface area (Å²) in [5, 5.41) is 2.99. The summed E-state index contributed by atoms with van der Waals surface area (Å²) in [7, 11) is 0. The summed E-state index contributed by atoms with van der Waals surface area (Å²) >= 11 is 0. The first-order valence-corrected chi connectivity index (χ1v) is 6.83. The highest BCUT2D eigenvalue weighted by atomic mass is 16.2. The fourth-order valence-electron chi connectivity index (χ4n) is 2.74. The summed E-state index contributed by atoms with van der Waals surface area (Å²) in [4.78, 5) is 25.3. The molecule has 0 unspecified atom stereocenters. The molecule has 4 heteroatoms. The Morgan fingerprint density at radius 3 is 2.29 bits per heavy atom. The normalized spacial score (nSPS) is 21.5.